The van der Waals surface area contributed by atoms with Gasteiger partial charge in [0.25, 0.3) is 0 Å². The second kappa shape index (κ2) is 6.62. The van der Waals surface area contributed by atoms with Crippen LogP contribution in [0.4, 0.5) is 0 Å². The molecule has 0 aliphatic carbocycles. The van der Waals surface area contributed by atoms with Gasteiger partial charge in [-0.1, -0.05) is 34.8 Å². The van der Waals surface area contributed by atoms with Crippen LogP contribution in [0.2, 0.25) is 15.1 Å². The summed E-state index contributed by atoms with van der Waals surface area (Å²) >= 11 is 18.2. The maximum Gasteiger partial charge on any atom is 0.109 e. The number of hydrogen-bond donors (Lipinski definition) is 1. The highest BCUT2D eigenvalue weighted by molar-refractivity contribution is 6.44. The maximum atomic E-state index is 6.13. The molecule has 19 heavy (non-hydrogen) atoms. The van der Waals surface area contributed by atoms with Crippen LogP contribution in [0.15, 0.2) is 24.5 Å². The van der Waals surface area contributed by atoms with Crippen LogP contribution in [0.25, 0.3) is 0 Å². The highest BCUT2D eigenvalue weighted by Crippen LogP contribution is 2.31. The van der Waals surface area contributed by atoms with Gasteiger partial charge >= 0.3 is 0 Å². The third-order valence-electron chi connectivity index (χ3n) is 2.89. The Morgan fingerprint density at radius 1 is 1.21 bits per heavy atom. The van der Waals surface area contributed by atoms with Gasteiger partial charge in [0.1, 0.15) is 5.82 Å². The van der Waals surface area contributed by atoms with Crippen molar-refractivity contribution in [2.24, 2.45) is 7.05 Å². The summed E-state index contributed by atoms with van der Waals surface area (Å²) in [4.78, 5) is 4.26. The molecule has 0 saturated heterocycles. The number of hydrogen-bond acceptors (Lipinski definition) is 2. The number of nitrogens with zero attached hydrogens (tertiary/aromatic N) is 2. The summed E-state index contributed by atoms with van der Waals surface area (Å²) in [7, 11) is 1.98. The van der Waals surface area contributed by atoms with Crippen molar-refractivity contribution in [3.8, 4) is 0 Å². The summed E-state index contributed by atoms with van der Waals surface area (Å²) in [6, 6.07) is 3.45. The van der Waals surface area contributed by atoms with Gasteiger partial charge in [0.05, 0.1) is 10.0 Å². The number of benzene rings is 1. The zero-order chi connectivity index (χ0) is 13.8. The zero-order valence-electron chi connectivity index (χ0n) is 10.5. The Morgan fingerprint density at radius 3 is 2.63 bits per heavy atom. The molecule has 1 aromatic heterocycles. The molecule has 1 heterocycles. The smallest absolute Gasteiger partial charge is 0.109 e. The molecular formula is C13H14Cl3N3. The minimum atomic E-state index is 0.513. The first kappa shape index (κ1) is 14.7. The Bertz CT molecular complexity index is 566. The summed E-state index contributed by atoms with van der Waals surface area (Å²) in [6.45, 7) is 1.38. The van der Waals surface area contributed by atoms with Crippen LogP contribution in [-0.2, 0) is 20.0 Å². The van der Waals surface area contributed by atoms with Crippen LogP contribution in [0.1, 0.15) is 11.4 Å². The molecular weight excluding hydrogens is 305 g/mol. The number of nitrogens with one attached hydrogen (secondary N) is 1. The van der Waals surface area contributed by atoms with Crippen LogP contribution in [0, 0.1) is 0 Å². The number of aryl methyl sites for hydroxylation is 1. The molecule has 0 aliphatic rings. The second-order valence-corrected chi connectivity index (χ2v) is 5.40. The van der Waals surface area contributed by atoms with Crippen molar-refractivity contribution in [1.29, 1.82) is 0 Å². The number of aromatic nitrogens is 2. The molecule has 0 fully saturated rings. The molecule has 1 N–H and O–H groups in total. The van der Waals surface area contributed by atoms with Crippen LogP contribution < -0.4 is 5.32 Å². The largest absolute Gasteiger partial charge is 0.338 e. The van der Waals surface area contributed by atoms with E-state index >= 15 is 0 Å². The average Bonchev–Trinajstić information content (AvgIpc) is 2.79. The van der Waals surface area contributed by atoms with E-state index in [2.05, 4.69) is 10.3 Å². The first-order chi connectivity index (χ1) is 9.09. The quantitative estimate of drug-likeness (QED) is 0.673. The van der Waals surface area contributed by atoms with Crippen molar-refractivity contribution in [2.75, 3.05) is 6.54 Å². The van der Waals surface area contributed by atoms with E-state index in [4.69, 9.17) is 34.8 Å². The number of halogens is 3. The standard InChI is InChI=1S/C13H14Cl3N3/c1-19-7-6-18-12(19)4-5-17-8-9-10(14)2-3-11(15)13(9)16/h2-3,6-7,17H,4-5,8H2,1H3. The van der Waals surface area contributed by atoms with E-state index in [9.17, 15) is 0 Å². The van der Waals surface area contributed by atoms with E-state index in [0.717, 1.165) is 24.4 Å². The molecule has 0 aliphatic heterocycles. The monoisotopic (exact) mass is 317 g/mol. The second-order valence-electron chi connectivity index (χ2n) is 4.20. The van der Waals surface area contributed by atoms with Gasteiger partial charge in [0.15, 0.2) is 0 Å². The molecule has 3 nitrogen and oxygen atoms in total. The molecule has 0 atom stereocenters. The SMILES string of the molecule is Cn1ccnc1CCNCc1c(Cl)ccc(Cl)c1Cl. The van der Waals surface area contributed by atoms with Gasteiger partial charge in [0.2, 0.25) is 0 Å². The van der Waals surface area contributed by atoms with Gasteiger partial charge in [-0.05, 0) is 12.1 Å². The fourth-order valence-electron chi connectivity index (χ4n) is 1.78. The Balaban J connectivity index is 1.90. The van der Waals surface area contributed by atoms with Crippen molar-refractivity contribution in [3.63, 3.8) is 0 Å². The Kier molecular flexibility index (Phi) is 5.11. The van der Waals surface area contributed by atoms with Gasteiger partial charge in [-0.25, -0.2) is 4.98 Å². The summed E-state index contributed by atoms with van der Waals surface area (Å²) in [5.41, 5.74) is 0.829. The normalized spacial score (nSPS) is 10.9. The average molecular weight is 319 g/mol. The van der Waals surface area contributed by atoms with Gasteiger partial charge < -0.3 is 9.88 Å². The first-order valence-electron chi connectivity index (χ1n) is 5.89. The Morgan fingerprint density at radius 2 is 1.95 bits per heavy atom. The fourth-order valence-corrected chi connectivity index (χ4v) is 2.46. The predicted octanol–water partition coefficient (Wildman–Crippen LogP) is 3.71. The summed E-state index contributed by atoms with van der Waals surface area (Å²) in [5.74, 6) is 1.04. The van der Waals surface area contributed by atoms with Crippen molar-refractivity contribution in [2.45, 2.75) is 13.0 Å². The van der Waals surface area contributed by atoms with Crippen LogP contribution in [-0.4, -0.2) is 16.1 Å². The van der Waals surface area contributed by atoms with Crippen molar-refractivity contribution >= 4 is 34.8 Å². The highest BCUT2D eigenvalue weighted by atomic mass is 35.5. The summed E-state index contributed by atoms with van der Waals surface area (Å²) in [6.07, 6.45) is 4.57. The topological polar surface area (TPSA) is 29.9 Å². The van der Waals surface area contributed by atoms with Gasteiger partial charge in [0, 0.05) is 49.5 Å². The fraction of sp³-hybridized carbons (Fsp3) is 0.308. The van der Waals surface area contributed by atoms with E-state index in [1.165, 1.54) is 0 Å². The molecule has 0 amide bonds. The molecule has 0 radical (unpaired) electrons. The van der Waals surface area contributed by atoms with E-state index in [-0.39, 0.29) is 0 Å². The lowest BCUT2D eigenvalue weighted by Gasteiger charge is -2.10. The van der Waals surface area contributed by atoms with Crippen molar-refractivity contribution < 1.29 is 0 Å². The minimum Gasteiger partial charge on any atom is -0.338 e. The molecule has 0 spiro atoms. The van der Waals surface area contributed by atoms with Crippen molar-refractivity contribution in [3.05, 3.63) is 51.0 Å². The van der Waals surface area contributed by atoms with Crippen LogP contribution >= 0.6 is 34.8 Å². The van der Waals surface area contributed by atoms with Crippen molar-refractivity contribution in [1.82, 2.24) is 14.9 Å². The molecule has 2 aromatic rings. The van der Waals surface area contributed by atoms with Gasteiger partial charge in [-0.3, -0.25) is 0 Å². The van der Waals surface area contributed by atoms with E-state index in [1.807, 2.05) is 17.8 Å². The molecule has 0 bridgehead atoms. The van der Waals surface area contributed by atoms with Gasteiger partial charge in [-0.15, -0.1) is 0 Å². The molecule has 6 heteroatoms. The highest BCUT2D eigenvalue weighted by Gasteiger charge is 2.09. The third-order valence-corrected chi connectivity index (χ3v) is 4.08. The molecule has 0 saturated carbocycles. The number of imidazole rings is 1. The van der Waals surface area contributed by atoms with Crippen LogP contribution in [0.5, 0.6) is 0 Å². The lowest BCUT2D eigenvalue weighted by Crippen LogP contribution is -2.18. The molecule has 1 aromatic carbocycles. The zero-order valence-corrected chi connectivity index (χ0v) is 12.7. The Labute approximate surface area is 127 Å². The van der Waals surface area contributed by atoms with E-state index in [0.29, 0.717) is 21.6 Å². The third kappa shape index (κ3) is 3.63. The first-order valence-corrected chi connectivity index (χ1v) is 7.02. The predicted molar refractivity (Wildman–Crippen MR) is 80.1 cm³/mol. The number of rotatable bonds is 5. The minimum absolute atomic E-state index is 0.513. The lowest BCUT2D eigenvalue weighted by atomic mass is 10.2. The summed E-state index contributed by atoms with van der Waals surface area (Å²) < 4.78 is 2.00. The van der Waals surface area contributed by atoms with Gasteiger partial charge in [-0.2, -0.15) is 0 Å². The molecule has 102 valence electrons. The van der Waals surface area contributed by atoms with Crippen LogP contribution in [0.3, 0.4) is 0 Å². The molecule has 0 unspecified atom stereocenters. The maximum absolute atomic E-state index is 6.13. The van der Waals surface area contributed by atoms with E-state index < -0.39 is 0 Å². The van der Waals surface area contributed by atoms with E-state index in [1.54, 1.807) is 18.3 Å². The Hall–Kier alpha value is -0.740. The summed E-state index contributed by atoms with van der Waals surface area (Å²) in [5, 5.41) is 4.95. The molecule has 2 rings (SSSR count). The lowest BCUT2D eigenvalue weighted by molar-refractivity contribution is 0.655.